The largest absolute Gasteiger partial charge is 0.310 e. The first-order chi connectivity index (χ1) is 26.4. The van der Waals surface area contributed by atoms with Crippen molar-refractivity contribution in [1.82, 2.24) is 0 Å². The molecule has 0 atom stereocenters. The Hall–Kier alpha value is -5.47. The minimum absolute atomic E-state index is 0.0820. The van der Waals surface area contributed by atoms with Gasteiger partial charge in [-0.2, -0.15) is 0 Å². The number of nitrogens with zero attached hydrogens (tertiary/aromatic N) is 3. The van der Waals surface area contributed by atoms with Crippen LogP contribution in [0.15, 0.2) is 174 Å². The number of rotatable bonds is 3. The molecule has 258 valence electrons. The highest BCUT2D eigenvalue weighted by atomic mass is 32.2. The molecule has 0 saturated heterocycles. The average molecular weight is 746 g/mol. The van der Waals surface area contributed by atoms with Gasteiger partial charge in [0.2, 0.25) is 0 Å². The number of anilines is 9. The van der Waals surface area contributed by atoms with E-state index in [1.165, 1.54) is 80.6 Å². The van der Waals surface area contributed by atoms with Crippen molar-refractivity contribution < 1.29 is 0 Å². The molecule has 54 heavy (non-hydrogen) atoms. The zero-order valence-corrected chi connectivity index (χ0v) is 33.0. The molecule has 8 aromatic rings. The van der Waals surface area contributed by atoms with Crippen LogP contribution in [-0.4, -0.2) is 14.8 Å². The van der Waals surface area contributed by atoms with Crippen LogP contribution in [-0.2, 0) is 0 Å². The smallest absolute Gasteiger partial charge is 0.264 e. The second kappa shape index (κ2) is 12.0. The van der Waals surface area contributed by atoms with Crippen LogP contribution in [0.1, 0.15) is 0 Å². The fourth-order valence-corrected chi connectivity index (χ4v) is 12.2. The van der Waals surface area contributed by atoms with Crippen molar-refractivity contribution in [3.8, 4) is 0 Å². The van der Waals surface area contributed by atoms with E-state index in [1.54, 1.807) is 0 Å². The van der Waals surface area contributed by atoms with Gasteiger partial charge in [-0.3, -0.25) is 0 Å². The van der Waals surface area contributed by atoms with Crippen molar-refractivity contribution in [3.63, 3.8) is 0 Å². The second-order valence-electron chi connectivity index (χ2n) is 15.4. The van der Waals surface area contributed by atoms with Gasteiger partial charge in [0.25, 0.3) is 6.71 Å². The van der Waals surface area contributed by atoms with Crippen LogP contribution in [0.3, 0.4) is 0 Å². The first-order valence-corrected chi connectivity index (χ1v) is 23.8. The Morgan fingerprint density at radius 2 is 1.06 bits per heavy atom. The molecule has 4 heterocycles. The average Bonchev–Trinajstić information content (AvgIpc) is 3.58. The highest BCUT2D eigenvalue weighted by Crippen LogP contribution is 2.52. The van der Waals surface area contributed by atoms with Gasteiger partial charge in [-0.1, -0.05) is 122 Å². The molecule has 0 amide bonds. The van der Waals surface area contributed by atoms with Crippen LogP contribution in [0.2, 0.25) is 19.6 Å². The number of fused-ring (bicyclic) bond motifs is 10. The lowest BCUT2D eigenvalue weighted by molar-refractivity contribution is 1.19. The molecular weight excluding hydrogens is 710 g/mol. The summed E-state index contributed by atoms with van der Waals surface area (Å²) >= 11 is 3.82. The predicted octanol–water partition coefficient (Wildman–Crippen LogP) is 11.5. The van der Waals surface area contributed by atoms with Gasteiger partial charge in [0.1, 0.15) is 0 Å². The van der Waals surface area contributed by atoms with Crippen molar-refractivity contribution in [3.05, 3.63) is 164 Å². The highest BCUT2D eigenvalue weighted by molar-refractivity contribution is 7.99. The molecule has 0 spiro atoms. The normalized spacial score (nSPS) is 14.0. The van der Waals surface area contributed by atoms with Crippen molar-refractivity contribution >= 4 is 120 Å². The molecule has 0 N–H and O–H groups in total. The summed E-state index contributed by atoms with van der Waals surface area (Å²) in [4.78, 5) is 10.1. The van der Waals surface area contributed by atoms with Crippen molar-refractivity contribution in [1.29, 1.82) is 0 Å². The maximum Gasteiger partial charge on any atom is 0.264 e. The second-order valence-corrected chi connectivity index (χ2v) is 22.6. The Labute approximate surface area is 326 Å². The summed E-state index contributed by atoms with van der Waals surface area (Å²) in [7, 11) is -1.82. The SMILES string of the molecule is C[Si](C)(C)c1cc2c3c(c1)N(c1ccccc1)c1c(sc4ccccc14)B3c1ccc3cc1N2c1ccccc1Sc1ccccc1N3c1ccccc1. The van der Waals surface area contributed by atoms with Crippen LogP contribution in [0.4, 0.5) is 51.2 Å². The molecule has 2 bridgehead atoms. The number of thiophene rings is 1. The lowest BCUT2D eigenvalue weighted by Crippen LogP contribution is -2.61. The molecule has 0 saturated carbocycles. The van der Waals surface area contributed by atoms with Crippen molar-refractivity contribution in [2.75, 3.05) is 14.7 Å². The van der Waals surface area contributed by atoms with Crippen LogP contribution in [0.25, 0.3) is 10.1 Å². The third kappa shape index (κ3) is 4.75. The first-order valence-electron chi connectivity index (χ1n) is 18.6. The number of hydrogen-bond donors (Lipinski definition) is 0. The molecule has 11 rings (SSSR count). The van der Waals surface area contributed by atoms with Crippen LogP contribution >= 0.6 is 23.1 Å². The van der Waals surface area contributed by atoms with Gasteiger partial charge in [-0.15, -0.1) is 11.3 Å². The van der Waals surface area contributed by atoms with E-state index in [9.17, 15) is 0 Å². The first kappa shape index (κ1) is 32.0. The lowest BCUT2D eigenvalue weighted by atomic mass is 9.36. The van der Waals surface area contributed by atoms with E-state index in [1.807, 2.05) is 23.1 Å². The summed E-state index contributed by atoms with van der Waals surface area (Å²) in [6.07, 6.45) is 0. The molecule has 3 aliphatic rings. The van der Waals surface area contributed by atoms with Crippen LogP contribution < -0.4 is 35.6 Å². The van der Waals surface area contributed by atoms with E-state index in [-0.39, 0.29) is 6.71 Å². The topological polar surface area (TPSA) is 9.72 Å². The maximum atomic E-state index is 2.61. The summed E-state index contributed by atoms with van der Waals surface area (Å²) in [6, 6.07) is 61.1. The highest BCUT2D eigenvalue weighted by Gasteiger charge is 2.46. The molecule has 3 aliphatic heterocycles. The van der Waals surface area contributed by atoms with Crippen molar-refractivity contribution in [2.45, 2.75) is 29.4 Å². The van der Waals surface area contributed by atoms with Gasteiger partial charge in [0, 0.05) is 58.8 Å². The van der Waals surface area contributed by atoms with Gasteiger partial charge >= 0.3 is 0 Å². The van der Waals surface area contributed by atoms with Gasteiger partial charge in [0.15, 0.2) is 0 Å². The Kier molecular flexibility index (Phi) is 7.12. The van der Waals surface area contributed by atoms with Gasteiger partial charge in [-0.05, 0) is 89.8 Å². The monoisotopic (exact) mass is 745 g/mol. The van der Waals surface area contributed by atoms with Gasteiger partial charge < -0.3 is 14.7 Å². The number of benzene rings is 7. The quantitative estimate of drug-likeness (QED) is 0.167. The predicted molar refractivity (Wildman–Crippen MR) is 238 cm³/mol. The maximum absolute atomic E-state index is 2.61. The summed E-state index contributed by atoms with van der Waals surface area (Å²) in [5, 5.41) is 2.77. The van der Waals surface area contributed by atoms with Crippen LogP contribution in [0.5, 0.6) is 0 Å². The van der Waals surface area contributed by atoms with E-state index in [4.69, 9.17) is 0 Å². The Balaban J connectivity index is 1.29. The molecule has 0 fully saturated rings. The summed E-state index contributed by atoms with van der Waals surface area (Å²) in [5.74, 6) is 0. The number of hydrogen-bond acceptors (Lipinski definition) is 5. The third-order valence-corrected chi connectivity index (χ3v) is 15.5. The van der Waals surface area contributed by atoms with E-state index in [0.717, 1.165) is 11.4 Å². The Morgan fingerprint density at radius 3 is 1.74 bits per heavy atom. The van der Waals surface area contributed by atoms with Crippen LogP contribution in [0, 0.1) is 0 Å². The minimum atomic E-state index is -1.82. The fourth-order valence-electron chi connectivity index (χ4n) is 8.67. The molecule has 3 nitrogen and oxygen atoms in total. The number of para-hydroxylation sites is 4. The summed E-state index contributed by atoms with van der Waals surface area (Å²) < 4.78 is 2.73. The molecule has 7 aromatic carbocycles. The van der Waals surface area contributed by atoms with E-state index in [2.05, 4.69) is 198 Å². The van der Waals surface area contributed by atoms with E-state index < -0.39 is 8.07 Å². The zero-order chi connectivity index (χ0) is 36.1. The lowest BCUT2D eigenvalue weighted by Gasteiger charge is -2.45. The summed E-state index contributed by atoms with van der Waals surface area (Å²) in [5.41, 5.74) is 13.8. The van der Waals surface area contributed by atoms with E-state index >= 15 is 0 Å². The fraction of sp³-hybridized carbons (Fsp3) is 0.0638. The molecule has 0 unspecified atom stereocenters. The molecule has 1 aromatic heterocycles. The minimum Gasteiger partial charge on any atom is -0.310 e. The molecule has 0 aliphatic carbocycles. The third-order valence-electron chi connectivity index (χ3n) is 11.1. The Bertz CT molecular complexity index is 2780. The van der Waals surface area contributed by atoms with Crippen molar-refractivity contribution in [2.24, 2.45) is 0 Å². The molecular formula is C47H36BN3S2Si. The standard InChI is InChI=1S/C47H36BN3S2Si/c1-54(2,3)34-29-40-45-41(30-34)51-38-22-12-15-25-44(38)52-43-24-14-11-21-37(43)49(31-16-6-4-7-17-31)33-26-27-36(39(51)28-33)48(45)47-46(35-20-10-13-23-42(35)53-47)50(40)32-18-8-5-9-19-32/h4-30H,1-3H3. The van der Waals surface area contributed by atoms with Gasteiger partial charge in [-0.25, -0.2) is 0 Å². The zero-order valence-electron chi connectivity index (χ0n) is 30.3. The molecule has 0 radical (unpaired) electrons. The molecule has 7 heteroatoms. The Morgan fingerprint density at radius 1 is 0.481 bits per heavy atom. The van der Waals surface area contributed by atoms with E-state index in [0.29, 0.717) is 0 Å². The summed E-state index contributed by atoms with van der Waals surface area (Å²) in [6.45, 7) is 7.53. The van der Waals surface area contributed by atoms with Gasteiger partial charge in [0.05, 0.1) is 25.1 Å².